The van der Waals surface area contributed by atoms with E-state index < -0.39 is 7.75 Å². The van der Waals surface area contributed by atoms with Crippen LogP contribution in [0.5, 0.6) is 0 Å². The van der Waals surface area contributed by atoms with Gasteiger partial charge in [0.1, 0.15) is 0 Å². The van der Waals surface area contributed by atoms with Crippen molar-refractivity contribution in [3.63, 3.8) is 0 Å². The molecule has 2 aliphatic rings. The fourth-order valence-electron chi connectivity index (χ4n) is 3.09. The van der Waals surface area contributed by atoms with Crippen LogP contribution in [0.4, 0.5) is 0 Å². The lowest BCUT2D eigenvalue weighted by Gasteiger charge is -2.21. The molecule has 0 amide bonds. The minimum absolute atomic E-state index is 0.372. The van der Waals surface area contributed by atoms with Crippen molar-refractivity contribution in [2.24, 2.45) is 22.5 Å². The molecule has 2 aliphatic carbocycles. The summed E-state index contributed by atoms with van der Waals surface area (Å²) >= 11 is 0. The molecule has 5 heteroatoms. The van der Waals surface area contributed by atoms with Crippen molar-refractivity contribution in [2.75, 3.05) is 13.2 Å². The van der Waals surface area contributed by atoms with Gasteiger partial charge in [-0.3, -0.25) is 9.05 Å². The standard InChI is InChI=1S/C12H22NO3P/c1-4-15-17(14,16-5-2)13-12-9(3)10-6-7-11(12)8-10/h9-11H,4-8H2,1-3H3/t9-,10-,11-/m0/s1. The summed E-state index contributed by atoms with van der Waals surface area (Å²) in [5.74, 6) is 1.70. The van der Waals surface area contributed by atoms with Crippen molar-refractivity contribution >= 4 is 13.5 Å². The van der Waals surface area contributed by atoms with Crippen LogP contribution in [-0.4, -0.2) is 18.9 Å². The van der Waals surface area contributed by atoms with Crippen molar-refractivity contribution in [3.05, 3.63) is 0 Å². The van der Waals surface area contributed by atoms with E-state index in [9.17, 15) is 4.57 Å². The van der Waals surface area contributed by atoms with Gasteiger partial charge in [0.15, 0.2) is 0 Å². The van der Waals surface area contributed by atoms with Crippen molar-refractivity contribution in [1.29, 1.82) is 0 Å². The Morgan fingerprint density at radius 2 is 1.94 bits per heavy atom. The van der Waals surface area contributed by atoms with Crippen molar-refractivity contribution in [1.82, 2.24) is 0 Å². The van der Waals surface area contributed by atoms with E-state index in [4.69, 9.17) is 9.05 Å². The maximum atomic E-state index is 12.4. The third-order valence-electron chi connectivity index (χ3n) is 3.89. The molecule has 0 aliphatic heterocycles. The molecule has 0 N–H and O–H groups in total. The Morgan fingerprint density at radius 3 is 2.41 bits per heavy atom. The second-order valence-corrected chi connectivity index (χ2v) is 6.54. The van der Waals surface area contributed by atoms with E-state index in [-0.39, 0.29) is 0 Å². The first-order chi connectivity index (χ1) is 8.09. The Balaban J connectivity index is 2.18. The van der Waals surface area contributed by atoms with Gasteiger partial charge >= 0.3 is 7.75 Å². The first-order valence-electron chi connectivity index (χ1n) is 6.58. The molecular weight excluding hydrogens is 237 g/mol. The summed E-state index contributed by atoms with van der Waals surface area (Å²) in [4.78, 5) is 0. The van der Waals surface area contributed by atoms with Gasteiger partial charge in [-0.05, 0) is 50.9 Å². The highest BCUT2D eigenvalue weighted by molar-refractivity contribution is 7.52. The zero-order valence-electron chi connectivity index (χ0n) is 10.9. The fraction of sp³-hybridized carbons (Fsp3) is 0.917. The maximum Gasteiger partial charge on any atom is 0.453 e. The normalized spacial score (nSPS) is 34.8. The largest absolute Gasteiger partial charge is 0.453 e. The van der Waals surface area contributed by atoms with Crippen LogP contribution in [0.15, 0.2) is 4.76 Å². The second-order valence-electron chi connectivity index (χ2n) is 4.89. The van der Waals surface area contributed by atoms with Crippen molar-refractivity contribution in [3.8, 4) is 0 Å². The zero-order chi connectivity index (χ0) is 12.5. The maximum absolute atomic E-state index is 12.4. The van der Waals surface area contributed by atoms with Gasteiger partial charge in [-0.1, -0.05) is 6.92 Å². The summed E-state index contributed by atoms with van der Waals surface area (Å²) in [7, 11) is -3.25. The van der Waals surface area contributed by atoms with E-state index in [0.717, 1.165) is 11.6 Å². The minimum atomic E-state index is -3.25. The monoisotopic (exact) mass is 259 g/mol. The third kappa shape index (κ3) is 2.64. The lowest BCUT2D eigenvalue weighted by atomic mass is 9.89. The van der Waals surface area contributed by atoms with Gasteiger partial charge in [0.2, 0.25) is 0 Å². The lowest BCUT2D eigenvalue weighted by molar-refractivity contribution is 0.221. The smallest absolute Gasteiger partial charge is 0.291 e. The SMILES string of the molecule is CCOP(=O)(N=C1[C@H]2CC[C@@H](C2)[C@@H]1C)OCC. The molecule has 2 fully saturated rings. The van der Waals surface area contributed by atoms with Crippen molar-refractivity contribution < 1.29 is 13.6 Å². The molecule has 17 heavy (non-hydrogen) atoms. The van der Waals surface area contributed by atoms with Gasteiger partial charge in [-0.2, -0.15) is 4.76 Å². The zero-order valence-corrected chi connectivity index (χ0v) is 11.8. The van der Waals surface area contributed by atoms with Crippen LogP contribution in [0, 0.1) is 17.8 Å². The van der Waals surface area contributed by atoms with E-state index in [1.54, 1.807) is 0 Å². The first-order valence-corrected chi connectivity index (χ1v) is 8.08. The Kier molecular flexibility index (Phi) is 4.06. The van der Waals surface area contributed by atoms with Gasteiger partial charge in [0, 0.05) is 5.71 Å². The molecule has 2 rings (SSSR count). The van der Waals surface area contributed by atoms with Gasteiger partial charge in [-0.15, -0.1) is 0 Å². The number of rotatable bonds is 5. The highest BCUT2D eigenvalue weighted by atomic mass is 31.2. The molecule has 0 spiro atoms. The number of hydrogen-bond donors (Lipinski definition) is 0. The van der Waals surface area contributed by atoms with E-state index in [0.29, 0.717) is 25.0 Å². The highest BCUT2D eigenvalue weighted by Gasteiger charge is 2.44. The molecule has 0 unspecified atom stereocenters. The van der Waals surface area contributed by atoms with Crippen molar-refractivity contribution in [2.45, 2.75) is 40.0 Å². The summed E-state index contributed by atoms with van der Waals surface area (Å²) in [5, 5.41) is 0. The van der Waals surface area contributed by atoms with Gasteiger partial charge in [0.05, 0.1) is 13.2 Å². The fourth-order valence-corrected chi connectivity index (χ4v) is 4.56. The molecule has 0 heterocycles. The van der Waals surface area contributed by atoms with Gasteiger partial charge < -0.3 is 0 Å². The Bertz CT molecular complexity index is 342. The average molecular weight is 259 g/mol. The van der Waals surface area contributed by atoms with Gasteiger partial charge in [0.25, 0.3) is 0 Å². The van der Waals surface area contributed by atoms with Crippen LogP contribution in [0.2, 0.25) is 0 Å². The Labute approximate surface area is 103 Å². The lowest BCUT2D eigenvalue weighted by Crippen LogP contribution is -2.19. The Morgan fingerprint density at radius 1 is 1.29 bits per heavy atom. The molecule has 4 nitrogen and oxygen atoms in total. The van der Waals surface area contributed by atoms with Gasteiger partial charge in [-0.25, -0.2) is 4.57 Å². The third-order valence-corrected chi connectivity index (χ3v) is 5.53. The number of hydrogen-bond acceptors (Lipinski definition) is 3. The molecule has 0 aromatic carbocycles. The quantitative estimate of drug-likeness (QED) is 0.708. The van der Waals surface area contributed by atoms with Crippen LogP contribution < -0.4 is 0 Å². The molecular formula is C12H22NO3P. The Hall–Kier alpha value is -0.180. The summed E-state index contributed by atoms with van der Waals surface area (Å²) < 4.78 is 27.2. The van der Waals surface area contributed by atoms with E-state index in [1.165, 1.54) is 19.3 Å². The summed E-state index contributed by atoms with van der Waals surface area (Å²) in [6.07, 6.45) is 3.68. The number of nitrogens with zero attached hydrogens (tertiary/aromatic N) is 1. The van der Waals surface area contributed by atoms with E-state index in [1.807, 2.05) is 13.8 Å². The van der Waals surface area contributed by atoms with Crippen LogP contribution in [0.1, 0.15) is 40.0 Å². The molecule has 0 aromatic heterocycles. The molecule has 0 saturated heterocycles. The molecule has 2 bridgehead atoms. The van der Waals surface area contributed by atoms with Crippen LogP contribution in [-0.2, 0) is 13.6 Å². The highest BCUT2D eigenvalue weighted by Crippen LogP contribution is 2.54. The van der Waals surface area contributed by atoms with Crippen LogP contribution >= 0.6 is 7.75 Å². The average Bonchev–Trinajstić information content (AvgIpc) is 2.83. The minimum Gasteiger partial charge on any atom is -0.291 e. The summed E-state index contributed by atoms with van der Waals surface area (Å²) in [5.41, 5.74) is 1.08. The topological polar surface area (TPSA) is 47.9 Å². The van der Waals surface area contributed by atoms with E-state index >= 15 is 0 Å². The predicted molar refractivity (Wildman–Crippen MR) is 68.3 cm³/mol. The summed E-state index contributed by atoms with van der Waals surface area (Å²) in [6.45, 7) is 6.56. The number of fused-ring (bicyclic) bond motifs is 2. The molecule has 98 valence electrons. The molecule has 2 saturated carbocycles. The van der Waals surface area contributed by atoms with E-state index in [2.05, 4.69) is 11.7 Å². The first kappa shape index (κ1) is 13.3. The van der Waals surface area contributed by atoms with Crippen LogP contribution in [0.3, 0.4) is 0 Å². The molecule has 0 aromatic rings. The summed E-state index contributed by atoms with van der Waals surface area (Å²) in [6, 6.07) is 0. The second kappa shape index (κ2) is 5.21. The van der Waals surface area contributed by atoms with Crippen LogP contribution in [0.25, 0.3) is 0 Å². The molecule has 0 radical (unpaired) electrons. The molecule has 3 atom stereocenters. The predicted octanol–water partition coefficient (Wildman–Crippen LogP) is 3.67.